The SMILES string of the molecule is CCCC(N)C(=O)Nc1cnns1. The molecule has 13 heavy (non-hydrogen) atoms. The fourth-order valence-corrected chi connectivity index (χ4v) is 1.30. The summed E-state index contributed by atoms with van der Waals surface area (Å²) < 4.78 is 3.62. The van der Waals surface area contributed by atoms with Crippen LogP contribution < -0.4 is 11.1 Å². The quantitative estimate of drug-likeness (QED) is 0.746. The van der Waals surface area contributed by atoms with E-state index in [1.54, 1.807) is 0 Å². The highest BCUT2D eigenvalue weighted by Gasteiger charge is 2.12. The second-order valence-electron chi connectivity index (χ2n) is 2.67. The van der Waals surface area contributed by atoms with Gasteiger partial charge in [-0.05, 0) is 6.42 Å². The van der Waals surface area contributed by atoms with Crippen LogP contribution in [0.4, 0.5) is 5.00 Å². The van der Waals surface area contributed by atoms with Gasteiger partial charge < -0.3 is 11.1 Å². The van der Waals surface area contributed by atoms with Gasteiger partial charge in [-0.1, -0.05) is 17.8 Å². The van der Waals surface area contributed by atoms with Gasteiger partial charge in [0.1, 0.15) is 5.00 Å². The minimum absolute atomic E-state index is 0.173. The molecule has 1 heterocycles. The summed E-state index contributed by atoms with van der Waals surface area (Å²) in [6.07, 6.45) is 3.09. The van der Waals surface area contributed by atoms with Crippen LogP contribution in [0.15, 0.2) is 6.20 Å². The van der Waals surface area contributed by atoms with E-state index in [4.69, 9.17) is 5.73 Å². The first kappa shape index (κ1) is 10.1. The van der Waals surface area contributed by atoms with Gasteiger partial charge >= 0.3 is 0 Å². The number of amides is 1. The fourth-order valence-electron chi connectivity index (χ4n) is 0.878. The molecule has 6 heteroatoms. The molecule has 0 radical (unpaired) electrons. The summed E-state index contributed by atoms with van der Waals surface area (Å²) in [5.41, 5.74) is 5.60. The van der Waals surface area contributed by atoms with Gasteiger partial charge in [-0.15, -0.1) is 5.10 Å². The number of nitrogens with one attached hydrogen (secondary N) is 1. The first-order valence-electron chi connectivity index (χ1n) is 4.08. The smallest absolute Gasteiger partial charge is 0.241 e. The third-order valence-electron chi connectivity index (χ3n) is 1.54. The molecule has 1 aromatic rings. The van der Waals surface area contributed by atoms with E-state index in [1.807, 2.05) is 6.92 Å². The Bertz CT molecular complexity index is 261. The number of carbonyl (C=O) groups excluding carboxylic acids is 1. The zero-order chi connectivity index (χ0) is 9.68. The van der Waals surface area contributed by atoms with E-state index in [9.17, 15) is 4.79 Å². The zero-order valence-corrected chi connectivity index (χ0v) is 8.17. The van der Waals surface area contributed by atoms with Crippen LogP contribution in [0.25, 0.3) is 0 Å². The minimum atomic E-state index is -0.438. The molecule has 0 saturated carbocycles. The van der Waals surface area contributed by atoms with Gasteiger partial charge in [0.25, 0.3) is 0 Å². The molecule has 1 amide bonds. The predicted molar refractivity (Wildman–Crippen MR) is 51.4 cm³/mol. The van der Waals surface area contributed by atoms with Gasteiger partial charge in [-0.3, -0.25) is 4.79 Å². The number of rotatable bonds is 4. The minimum Gasteiger partial charge on any atom is -0.320 e. The van der Waals surface area contributed by atoms with Crippen LogP contribution in [0.5, 0.6) is 0 Å². The van der Waals surface area contributed by atoms with Gasteiger partial charge in [-0.2, -0.15) is 0 Å². The molecule has 5 nitrogen and oxygen atoms in total. The summed E-state index contributed by atoms with van der Waals surface area (Å²) in [4.78, 5) is 11.3. The molecule has 1 rings (SSSR count). The molecule has 1 unspecified atom stereocenters. The van der Waals surface area contributed by atoms with Crippen molar-refractivity contribution in [1.82, 2.24) is 9.59 Å². The number of carbonyl (C=O) groups is 1. The van der Waals surface area contributed by atoms with E-state index in [1.165, 1.54) is 6.20 Å². The van der Waals surface area contributed by atoms with Crippen molar-refractivity contribution in [3.05, 3.63) is 6.20 Å². The summed E-state index contributed by atoms with van der Waals surface area (Å²) in [5.74, 6) is -0.173. The van der Waals surface area contributed by atoms with E-state index < -0.39 is 6.04 Å². The lowest BCUT2D eigenvalue weighted by atomic mass is 10.2. The molecule has 1 atom stereocenters. The number of nitrogens with two attached hydrogens (primary N) is 1. The first-order valence-corrected chi connectivity index (χ1v) is 4.85. The summed E-state index contributed by atoms with van der Waals surface area (Å²) in [5, 5.41) is 6.87. The monoisotopic (exact) mass is 200 g/mol. The third-order valence-corrected chi connectivity index (χ3v) is 2.12. The Hall–Kier alpha value is -1.01. The maximum Gasteiger partial charge on any atom is 0.241 e. The number of hydrogen-bond donors (Lipinski definition) is 2. The molecule has 1 aromatic heterocycles. The molecular formula is C7H12N4OS. The Morgan fingerprint density at radius 3 is 3.15 bits per heavy atom. The predicted octanol–water partition coefficient (Wildman–Crippen LogP) is 0.604. The molecule has 72 valence electrons. The molecular weight excluding hydrogens is 188 g/mol. The maximum atomic E-state index is 11.3. The standard InChI is InChI=1S/C7H12N4OS/c1-2-3-5(8)7(12)10-6-4-9-11-13-6/h4-5H,2-3,8H2,1H3,(H,10,12). The maximum absolute atomic E-state index is 11.3. The number of hydrogen-bond acceptors (Lipinski definition) is 5. The van der Waals surface area contributed by atoms with Crippen LogP contribution in [0.3, 0.4) is 0 Å². The molecule has 0 saturated heterocycles. The van der Waals surface area contributed by atoms with E-state index in [0.717, 1.165) is 18.0 Å². The van der Waals surface area contributed by atoms with Crippen molar-refractivity contribution >= 4 is 22.4 Å². The van der Waals surface area contributed by atoms with Crippen molar-refractivity contribution in [3.63, 3.8) is 0 Å². The summed E-state index contributed by atoms with van der Waals surface area (Å²) in [6.45, 7) is 1.99. The lowest BCUT2D eigenvalue weighted by Gasteiger charge is -2.08. The van der Waals surface area contributed by atoms with E-state index in [0.29, 0.717) is 11.4 Å². The van der Waals surface area contributed by atoms with Gasteiger partial charge in [0.05, 0.1) is 12.2 Å². The average Bonchev–Trinajstić information content (AvgIpc) is 2.57. The Morgan fingerprint density at radius 1 is 1.85 bits per heavy atom. The summed E-state index contributed by atoms with van der Waals surface area (Å²) >= 11 is 1.14. The molecule has 0 spiro atoms. The number of anilines is 1. The third kappa shape index (κ3) is 3.08. The highest BCUT2D eigenvalue weighted by Crippen LogP contribution is 2.09. The van der Waals surface area contributed by atoms with E-state index in [-0.39, 0.29) is 5.91 Å². The van der Waals surface area contributed by atoms with Crippen LogP contribution in [-0.2, 0) is 4.79 Å². The normalized spacial score (nSPS) is 12.5. The lowest BCUT2D eigenvalue weighted by molar-refractivity contribution is -0.117. The lowest BCUT2D eigenvalue weighted by Crippen LogP contribution is -2.35. The molecule has 0 bridgehead atoms. The van der Waals surface area contributed by atoms with E-state index >= 15 is 0 Å². The average molecular weight is 200 g/mol. The van der Waals surface area contributed by atoms with Crippen molar-refractivity contribution in [2.45, 2.75) is 25.8 Å². The Labute approximate surface area is 80.5 Å². The van der Waals surface area contributed by atoms with Gasteiger partial charge in [0.2, 0.25) is 5.91 Å². The fraction of sp³-hybridized carbons (Fsp3) is 0.571. The topological polar surface area (TPSA) is 80.9 Å². The Morgan fingerprint density at radius 2 is 2.62 bits per heavy atom. The van der Waals surface area contributed by atoms with Crippen molar-refractivity contribution in [2.24, 2.45) is 5.73 Å². The summed E-state index contributed by atoms with van der Waals surface area (Å²) in [7, 11) is 0. The van der Waals surface area contributed by atoms with Gasteiger partial charge in [0, 0.05) is 11.5 Å². The highest BCUT2D eigenvalue weighted by molar-refractivity contribution is 7.10. The van der Waals surface area contributed by atoms with Crippen molar-refractivity contribution in [3.8, 4) is 0 Å². The second-order valence-corrected chi connectivity index (χ2v) is 3.45. The van der Waals surface area contributed by atoms with Crippen molar-refractivity contribution in [2.75, 3.05) is 5.32 Å². The highest BCUT2D eigenvalue weighted by atomic mass is 32.1. The molecule has 0 aliphatic rings. The zero-order valence-electron chi connectivity index (χ0n) is 7.36. The van der Waals surface area contributed by atoms with Crippen LogP contribution in [0, 0.1) is 0 Å². The molecule has 0 aliphatic carbocycles. The number of nitrogens with zero attached hydrogens (tertiary/aromatic N) is 2. The Kier molecular flexibility index (Phi) is 3.78. The van der Waals surface area contributed by atoms with Crippen LogP contribution in [0.1, 0.15) is 19.8 Å². The summed E-state index contributed by atoms with van der Waals surface area (Å²) in [6, 6.07) is -0.438. The van der Waals surface area contributed by atoms with Crippen molar-refractivity contribution in [1.29, 1.82) is 0 Å². The van der Waals surface area contributed by atoms with Crippen LogP contribution in [0.2, 0.25) is 0 Å². The second kappa shape index (κ2) is 4.88. The molecule has 0 aliphatic heterocycles. The van der Waals surface area contributed by atoms with Crippen LogP contribution >= 0.6 is 11.5 Å². The Balaban J connectivity index is 2.41. The van der Waals surface area contributed by atoms with Crippen LogP contribution in [-0.4, -0.2) is 21.5 Å². The molecule has 0 aromatic carbocycles. The van der Waals surface area contributed by atoms with Crippen molar-refractivity contribution < 1.29 is 4.79 Å². The molecule has 3 N–H and O–H groups in total. The van der Waals surface area contributed by atoms with Gasteiger partial charge in [0.15, 0.2) is 0 Å². The van der Waals surface area contributed by atoms with E-state index in [2.05, 4.69) is 14.9 Å². The largest absolute Gasteiger partial charge is 0.320 e. The number of aromatic nitrogens is 2. The van der Waals surface area contributed by atoms with Gasteiger partial charge in [-0.25, -0.2) is 0 Å². The first-order chi connectivity index (χ1) is 6.24. The molecule has 0 fully saturated rings.